The van der Waals surface area contributed by atoms with Crippen LogP contribution in [0.5, 0.6) is 0 Å². The molecular weight excluding hydrogens is 252 g/mol. The lowest BCUT2D eigenvalue weighted by Gasteiger charge is -2.05. The van der Waals surface area contributed by atoms with Crippen LogP contribution in [0.4, 0.5) is 17.3 Å². The van der Waals surface area contributed by atoms with Gasteiger partial charge < -0.3 is 5.73 Å². The standard InChI is InChI=1S/C10H8N6O3/c11-7-3-1-2-6(8(7)16(18)19)9(17)14-10-12-4-5-13-15-10/h1-5H,11H2,(H,12,14,15,17). The van der Waals surface area contributed by atoms with E-state index in [0.29, 0.717) is 0 Å². The minimum Gasteiger partial charge on any atom is -0.393 e. The molecule has 9 heteroatoms. The van der Waals surface area contributed by atoms with Gasteiger partial charge in [0, 0.05) is 0 Å². The van der Waals surface area contributed by atoms with Crippen LogP contribution >= 0.6 is 0 Å². The molecule has 0 fully saturated rings. The average Bonchev–Trinajstić information content (AvgIpc) is 2.39. The molecule has 9 nitrogen and oxygen atoms in total. The number of hydrogen-bond acceptors (Lipinski definition) is 7. The van der Waals surface area contributed by atoms with Crippen molar-refractivity contribution in [3.05, 3.63) is 46.3 Å². The van der Waals surface area contributed by atoms with Gasteiger partial charge in [-0.15, -0.1) is 5.10 Å². The van der Waals surface area contributed by atoms with Crippen LogP contribution in [0.3, 0.4) is 0 Å². The summed E-state index contributed by atoms with van der Waals surface area (Å²) in [5.41, 5.74) is 4.77. The van der Waals surface area contributed by atoms with Gasteiger partial charge in [-0.05, 0) is 12.1 Å². The van der Waals surface area contributed by atoms with Crippen molar-refractivity contribution in [1.29, 1.82) is 0 Å². The predicted octanol–water partition coefficient (Wildman–Crippen LogP) is 0.614. The van der Waals surface area contributed by atoms with E-state index in [1.165, 1.54) is 30.6 Å². The maximum Gasteiger partial charge on any atom is 0.304 e. The van der Waals surface area contributed by atoms with Gasteiger partial charge in [0.1, 0.15) is 11.3 Å². The number of aromatic nitrogens is 3. The number of nitrogens with zero attached hydrogens (tertiary/aromatic N) is 4. The molecule has 0 radical (unpaired) electrons. The van der Waals surface area contributed by atoms with Gasteiger partial charge in [-0.3, -0.25) is 20.2 Å². The monoisotopic (exact) mass is 260 g/mol. The first-order chi connectivity index (χ1) is 9.09. The third-order valence-electron chi connectivity index (χ3n) is 2.20. The molecule has 0 bridgehead atoms. The zero-order valence-corrected chi connectivity index (χ0v) is 9.48. The van der Waals surface area contributed by atoms with Crippen molar-refractivity contribution >= 4 is 23.2 Å². The Bertz CT molecular complexity index is 630. The van der Waals surface area contributed by atoms with E-state index in [2.05, 4.69) is 20.5 Å². The summed E-state index contributed by atoms with van der Waals surface area (Å²) in [6, 6.07) is 4.08. The highest BCUT2D eigenvalue weighted by molar-refractivity contribution is 6.07. The highest BCUT2D eigenvalue weighted by Crippen LogP contribution is 2.26. The van der Waals surface area contributed by atoms with Gasteiger partial charge >= 0.3 is 5.69 Å². The predicted molar refractivity (Wildman–Crippen MR) is 65.3 cm³/mol. The molecule has 1 amide bonds. The second-order valence-electron chi connectivity index (χ2n) is 3.42. The molecule has 1 heterocycles. The molecule has 0 unspecified atom stereocenters. The van der Waals surface area contributed by atoms with Crippen LogP contribution < -0.4 is 11.1 Å². The number of nitro benzene ring substituents is 1. The van der Waals surface area contributed by atoms with Crippen LogP contribution in [0.25, 0.3) is 0 Å². The average molecular weight is 260 g/mol. The summed E-state index contributed by atoms with van der Waals surface area (Å²) in [5.74, 6) is -0.781. The van der Waals surface area contributed by atoms with Crippen LogP contribution in [0.15, 0.2) is 30.6 Å². The van der Waals surface area contributed by atoms with Crippen LogP contribution in [0, 0.1) is 10.1 Å². The van der Waals surface area contributed by atoms with Gasteiger partial charge in [-0.1, -0.05) is 6.07 Å². The Kier molecular flexibility index (Phi) is 3.28. The van der Waals surface area contributed by atoms with Crippen molar-refractivity contribution in [1.82, 2.24) is 15.2 Å². The molecule has 2 rings (SSSR count). The van der Waals surface area contributed by atoms with E-state index in [4.69, 9.17) is 5.73 Å². The molecule has 19 heavy (non-hydrogen) atoms. The number of nitrogen functional groups attached to an aromatic ring is 1. The smallest absolute Gasteiger partial charge is 0.304 e. The summed E-state index contributed by atoms with van der Waals surface area (Å²) in [6.45, 7) is 0. The molecular formula is C10H8N6O3. The van der Waals surface area contributed by atoms with E-state index in [9.17, 15) is 14.9 Å². The summed E-state index contributed by atoms with van der Waals surface area (Å²) in [6.07, 6.45) is 2.66. The van der Waals surface area contributed by atoms with Crippen LogP contribution in [0.2, 0.25) is 0 Å². The maximum atomic E-state index is 11.9. The van der Waals surface area contributed by atoms with Crippen LogP contribution in [0.1, 0.15) is 10.4 Å². The quantitative estimate of drug-likeness (QED) is 0.468. The number of nitrogens with two attached hydrogens (primary N) is 1. The molecule has 3 N–H and O–H groups in total. The lowest BCUT2D eigenvalue weighted by Crippen LogP contribution is -2.16. The van der Waals surface area contributed by atoms with Crippen molar-refractivity contribution in [2.45, 2.75) is 0 Å². The van der Waals surface area contributed by atoms with Gasteiger partial charge in [0.25, 0.3) is 5.91 Å². The SMILES string of the molecule is Nc1cccc(C(=O)Nc2nccnn2)c1[N+](=O)[O-]. The molecule has 0 saturated heterocycles. The van der Waals surface area contributed by atoms with Gasteiger partial charge in [-0.2, -0.15) is 5.10 Å². The molecule has 0 aliphatic carbocycles. The van der Waals surface area contributed by atoms with Gasteiger partial charge in [0.2, 0.25) is 5.95 Å². The summed E-state index contributed by atoms with van der Waals surface area (Å²) in [4.78, 5) is 25.8. The summed E-state index contributed by atoms with van der Waals surface area (Å²) >= 11 is 0. The third-order valence-corrected chi connectivity index (χ3v) is 2.20. The van der Waals surface area contributed by atoms with Crippen molar-refractivity contribution in [2.75, 3.05) is 11.1 Å². The summed E-state index contributed by atoms with van der Waals surface area (Å²) < 4.78 is 0. The van der Waals surface area contributed by atoms with E-state index in [-0.39, 0.29) is 17.2 Å². The Morgan fingerprint density at radius 3 is 2.79 bits per heavy atom. The summed E-state index contributed by atoms with van der Waals surface area (Å²) in [7, 11) is 0. The van der Waals surface area contributed by atoms with E-state index in [1.807, 2.05) is 0 Å². The molecule has 0 spiro atoms. The van der Waals surface area contributed by atoms with Gasteiger partial charge in [0.05, 0.1) is 17.3 Å². The minimum atomic E-state index is -0.730. The number of benzene rings is 1. The molecule has 0 atom stereocenters. The summed E-state index contributed by atoms with van der Waals surface area (Å²) in [5, 5.41) is 20.3. The fraction of sp³-hybridized carbons (Fsp3) is 0. The molecule has 0 aliphatic heterocycles. The Morgan fingerprint density at radius 2 is 2.16 bits per heavy atom. The van der Waals surface area contributed by atoms with E-state index >= 15 is 0 Å². The van der Waals surface area contributed by atoms with Crippen molar-refractivity contribution < 1.29 is 9.72 Å². The minimum absolute atomic E-state index is 0.0516. The number of nitro groups is 1. The number of anilines is 2. The number of nitrogens with one attached hydrogen (secondary N) is 1. The maximum absolute atomic E-state index is 11.9. The largest absolute Gasteiger partial charge is 0.393 e. The first kappa shape index (κ1) is 12.4. The van der Waals surface area contributed by atoms with Crippen LogP contribution in [-0.2, 0) is 0 Å². The van der Waals surface area contributed by atoms with E-state index < -0.39 is 16.5 Å². The van der Waals surface area contributed by atoms with Crippen molar-refractivity contribution in [2.24, 2.45) is 0 Å². The Morgan fingerprint density at radius 1 is 1.37 bits per heavy atom. The zero-order valence-electron chi connectivity index (χ0n) is 9.48. The topological polar surface area (TPSA) is 137 Å². The molecule has 1 aromatic carbocycles. The fourth-order valence-electron chi connectivity index (χ4n) is 1.42. The lowest BCUT2D eigenvalue weighted by atomic mass is 10.1. The second-order valence-corrected chi connectivity index (χ2v) is 3.42. The number of carbonyl (C=O) groups excluding carboxylic acids is 1. The zero-order chi connectivity index (χ0) is 13.8. The van der Waals surface area contributed by atoms with Gasteiger partial charge in [-0.25, -0.2) is 4.98 Å². The number of amides is 1. The fourth-order valence-corrected chi connectivity index (χ4v) is 1.42. The Balaban J connectivity index is 2.35. The molecule has 0 aliphatic rings. The van der Waals surface area contributed by atoms with Crippen molar-refractivity contribution in [3.63, 3.8) is 0 Å². The highest BCUT2D eigenvalue weighted by Gasteiger charge is 2.23. The molecule has 0 saturated carbocycles. The van der Waals surface area contributed by atoms with E-state index in [1.54, 1.807) is 0 Å². The lowest BCUT2D eigenvalue weighted by molar-refractivity contribution is -0.384. The van der Waals surface area contributed by atoms with Gasteiger partial charge in [0.15, 0.2) is 0 Å². The van der Waals surface area contributed by atoms with Crippen molar-refractivity contribution in [3.8, 4) is 0 Å². The highest BCUT2D eigenvalue weighted by atomic mass is 16.6. The number of hydrogen-bond donors (Lipinski definition) is 2. The van der Waals surface area contributed by atoms with Crippen LogP contribution in [-0.4, -0.2) is 26.0 Å². The van der Waals surface area contributed by atoms with E-state index in [0.717, 1.165) is 0 Å². The number of para-hydroxylation sites is 1. The second kappa shape index (κ2) is 5.04. The molecule has 1 aromatic heterocycles. The number of rotatable bonds is 3. The third kappa shape index (κ3) is 2.60. The normalized spacial score (nSPS) is 9.89. The number of carbonyl (C=O) groups is 1. The molecule has 2 aromatic rings. The molecule has 96 valence electrons. The Hall–Kier alpha value is -3.10. The first-order valence-corrected chi connectivity index (χ1v) is 5.07. The first-order valence-electron chi connectivity index (χ1n) is 5.07. The Labute approximate surface area is 106 Å².